The Balaban J connectivity index is 1.96. The number of fused-ring (bicyclic) bond motifs is 1. The molecule has 17 heavy (non-hydrogen) atoms. The van der Waals surface area contributed by atoms with Gasteiger partial charge in [-0.15, -0.1) is 0 Å². The van der Waals surface area contributed by atoms with Crippen LogP contribution in [0.25, 0.3) is 0 Å². The first-order chi connectivity index (χ1) is 8.45. The zero-order valence-electron chi connectivity index (χ0n) is 9.92. The standard InChI is InChI=1S/C16H17N/c1-2-6-13(7-3-1)16-12-17-11-10-14-8-4-5-9-15(14)16/h1-8,11,15-16H,9-10,12H2. The molecule has 0 radical (unpaired) electrons. The predicted molar refractivity (Wildman–Crippen MR) is 72.5 cm³/mol. The monoisotopic (exact) mass is 223 g/mol. The molecule has 0 amide bonds. The molecule has 0 spiro atoms. The highest BCUT2D eigenvalue weighted by atomic mass is 14.7. The Bertz CT molecular complexity index is 468. The highest BCUT2D eigenvalue weighted by Gasteiger charge is 2.27. The topological polar surface area (TPSA) is 12.4 Å². The molecule has 1 nitrogen and oxygen atoms in total. The Morgan fingerprint density at radius 1 is 1.06 bits per heavy atom. The largest absolute Gasteiger partial charge is 0.297 e. The summed E-state index contributed by atoms with van der Waals surface area (Å²) in [6.07, 6.45) is 11.0. The van der Waals surface area contributed by atoms with Crippen molar-refractivity contribution in [3.63, 3.8) is 0 Å². The Morgan fingerprint density at radius 2 is 1.94 bits per heavy atom. The third-order valence-electron chi connectivity index (χ3n) is 3.78. The van der Waals surface area contributed by atoms with E-state index >= 15 is 0 Å². The fourth-order valence-electron chi connectivity index (χ4n) is 2.86. The van der Waals surface area contributed by atoms with Gasteiger partial charge in [-0.1, -0.05) is 54.1 Å². The number of nitrogens with zero attached hydrogens (tertiary/aromatic N) is 1. The molecule has 1 heterocycles. The zero-order chi connectivity index (χ0) is 11.5. The minimum Gasteiger partial charge on any atom is -0.297 e. The van der Waals surface area contributed by atoms with Crippen molar-refractivity contribution in [2.24, 2.45) is 10.9 Å². The summed E-state index contributed by atoms with van der Waals surface area (Å²) in [6.45, 7) is 0.930. The van der Waals surface area contributed by atoms with Gasteiger partial charge in [0.05, 0.1) is 0 Å². The van der Waals surface area contributed by atoms with Crippen LogP contribution >= 0.6 is 0 Å². The molecular weight excluding hydrogens is 206 g/mol. The van der Waals surface area contributed by atoms with Crippen LogP contribution in [0.1, 0.15) is 24.3 Å². The smallest absolute Gasteiger partial charge is 0.0460 e. The van der Waals surface area contributed by atoms with Crippen LogP contribution in [-0.2, 0) is 0 Å². The number of allylic oxidation sites excluding steroid dienone is 4. The van der Waals surface area contributed by atoms with Crippen molar-refractivity contribution in [2.45, 2.75) is 18.8 Å². The second-order valence-corrected chi connectivity index (χ2v) is 4.78. The van der Waals surface area contributed by atoms with Gasteiger partial charge in [-0.3, -0.25) is 4.99 Å². The van der Waals surface area contributed by atoms with Gasteiger partial charge in [0.2, 0.25) is 0 Å². The molecule has 86 valence electrons. The first-order valence-electron chi connectivity index (χ1n) is 6.34. The Morgan fingerprint density at radius 3 is 2.82 bits per heavy atom. The highest BCUT2D eigenvalue weighted by Crippen LogP contribution is 2.37. The molecule has 0 aromatic heterocycles. The molecule has 1 heteroatoms. The van der Waals surface area contributed by atoms with E-state index in [9.17, 15) is 0 Å². The maximum absolute atomic E-state index is 4.56. The lowest BCUT2D eigenvalue weighted by Gasteiger charge is -2.27. The molecule has 1 aliphatic carbocycles. The molecule has 2 atom stereocenters. The van der Waals surface area contributed by atoms with Crippen LogP contribution in [0.5, 0.6) is 0 Å². The average Bonchev–Trinajstić information content (AvgIpc) is 2.62. The normalized spacial score (nSPS) is 27.2. The average molecular weight is 223 g/mol. The van der Waals surface area contributed by atoms with Crippen LogP contribution in [0.4, 0.5) is 0 Å². The number of rotatable bonds is 1. The summed E-state index contributed by atoms with van der Waals surface area (Å²) in [6, 6.07) is 10.8. The third kappa shape index (κ3) is 2.10. The van der Waals surface area contributed by atoms with Crippen LogP contribution < -0.4 is 0 Å². The second kappa shape index (κ2) is 4.70. The molecular formula is C16H17N. The third-order valence-corrected chi connectivity index (χ3v) is 3.78. The van der Waals surface area contributed by atoms with Crippen LogP contribution in [0.3, 0.4) is 0 Å². The van der Waals surface area contributed by atoms with E-state index in [1.165, 1.54) is 5.56 Å². The van der Waals surface area contributed by atoms with Crippen LogP contribution in [0, 0.1) is 5.92 Å². The van der Waals surface area contributed by atoms with Crippen LogP contribution in [-0.4, -0.2) is 12.8 Å². The van der Waals surface area contributed by atoms with E-state index in [2.05, 4.69) is 59.8 Å². The minimum absolute atomic E-state index is 0.547. The molecule has 2 unspecified atom stereocenters. The minimum atomic E-state index is 0.547. The lowest BCUT2D eigenvalue weighted by atomic mass is 9.77. The highest BCUT2D eigenvalue weighted by molar-refractivity contribution is 5.63. The molecule has 1 aliphatic heterocycles. The van der Waals surface area contributed by atoms with Crippen molar-refractivity contribution in [1.29, 1.82) is 0 Å². The van der Waals surface area contributed by atoms with E-state index in [0.717, 1.165) is 19.4 Å². The predicted octanol–water partition coefficient (Wildman–Crippen LogP) is 3.75. The number of benzene rings is 1. The van der Waals surface area contributed by atoms with E-state index in [4.69, 9.17) is 0 Å². The lowest BCUT2D eigenvalue weighted by molar-refractivity contribution is 0.494. The fourth-order valence-corrected chi connectivity index (χ4v) is 2.86. The Labute approximate surface area is 103 Å². The van der Waals surface area contributed by atoms with Crippen molar-refractivity contribution in [3.8, 4) is 0 Å². The molecule has 1 aromatic rings. The molecule has 0 saturated carbocycles. The molecule has 0 bridgehead atoms. The van der Waals surface area contributed by atoms with Gasteiger partial charge in [-0.2, -0.15) is 0 Å². The summed E-state index contributed by atoms with van der Waals surface area (Å²) < 4.78 is 0. The summed E-state index contributed by atoms with van der Waals surface area (Å²) in [5.41, 5.74) is 2.97. The summed E-state index contributed by atoms with van der Waals surface area (Å²) in [7, 11) is 0. The summed E-state index contributed by atoms with van der Waals surface area (Å²) in [5.74, 6) is 1.19. The lowest BCUT2D eigenvalue weighted by Crippen LogP contribution is -2.17. The van der Waals surface area contributed by atoms with Gasteiger partial charge in [0.1, 0.15) is 0 Å². The SMILES string of the molecule is C1=CCC2C(=C1)CC=NCC2c1ccccc1. The molecule has 0 N–H and O–H groups in total. The summed E-state index contributed by atoms with van der Waals surface area (Å²) >= 11 is 0. The van der Waals surface area contributed by atoms with Gasteiger partial charge in [-0.25, -0.2) is 0 Å². The second-order valence-electron chi connectivity index (χ2n) is 4.78. The van der Waals surface area contributed by atoms with Gasteiger partial charge in [0.25, 0.3) is 0 Å². The maximum Gasteiger partial charge on any atom is 0.0460 e. The summed E-state index contributed by atoms with van der Waals surface area (Å²) in [5, 5.41) is 0. The van der Waals surface area contributed by atoms with Crippen molar-refractivity contribution in [2.75, 3.05) is 6.54 Å². The van der Waals surface area contributed by atoms with Crippen LogP contribution in [0.2, 0.25) is 0 Å². The Hall–Kier alpha value is -1.63. The molecule has 0 saturated heterocycles. The van der Waals surface area contributed by atoms with Gasteiger partial charge in [0.15, 0.2) is 0 Å². The van der Waals surface area contributed by atoms with Gasteiger partial charge < -0.3 is 0 Å². The van der Waals surface area contributed by atoms with Crippen molar-refractivity contribution >= 4 is 6.21 Å². The van der Waals surface area contributed by atoms with E-state index in [-0.39, 0.29) is 0 Å². The molecule has 0 fully saturated rings. The van der Waals surface area contributed by atoms with Gasteiger partial charge in [-0.05, 0) is 17.9 Å². The van der Waals surface area contributed by atoms with Crippen molar-refractivity contribution in [1.82, 2.24) is 0 Å². The molecule has 3 rings (SSSR count). The Kier molecular flexibility index (Phi) is 2.91. The van der Waals surface area contributed by atoms with Crippen molar-refractivity contribution in [3.05, 3.63) is 59.7 Å². The molecule has 2 aliphatic rings. The van der Waals surface area contributed by atoms with E-state index < -0.39 is 0 Å². The summed E-state index contributed by atoms with van der Waals surface area (Å²) in [4.78, 5) is 4.56. The first kappa shape index (κ1) is 10.5. The number of aliphatic imine (C=N–C) groups is 1. The van der Waals surface area contributed by atoms with Gasteiger partial charge in [0, 0.05) is 25.1 Å². The number of hydrogen-bond donors (Lipinski definition) is 0. The zero-order valence-corrected chi connectivity index (χ0v) is 9.92. The first-order valence-corrected chi connectivity index (χ1v) is 6.34. The van der Waals surface area contributed by atoms with E-state index in [1.807, 2.05) is 0 Å². The van der Waals surface area contributed by atoms with E-state index in [1.54, 1.807) is 5.57 Å². The number of hydrogen-bond acceptors (Lipinski definition) is 1. The van der Waals surface area contributed by atoms with Crippen LogP contribution in [0.15, 0.2) is 59.1 Å². The quantitative estimate of drug-likeness (QED) is 0.687. The molecule has 1 aromatic carbocycles. The van der Waals surface area contributed by atoms with Gasteiger partial charge >= 0.3 is 0 Å². The fraction of sp³-hybridized carbons (Fsp3) is 0.312. The van der Waals surface area contributed by atoms with Crippen molar-refractivity contribution < 1.29 is 0 Å². The van der Waals surface area contributed by atoms with E-state index in [0.29, 0.717) is 11.8 Å². The maximum atomic E-state index is 4.56.